The van der Waals surface area contributed by atoms with Crippen molar-refractivity contribution in [3.8, 4) is 11.5 Å². The summed E-state index contributed by atoms with van der Waals surface area (Å²) in [6.07, 6.45) is 2.60. The van der Waals surface area contributed by atoms with E-state index in [1.54, 1.807) is 38.6 Å². The number of methoxy groups -OCH3 is 1. The fourth-order valence-corrected chi connectivity index (χ4v) is 2.08. The molecule has 0 saturated carbocycles. The minimum atomic E-state index is 0. The number of aromatic nitrogens is 1. The summed E-state index contributed by atoms with van der Waals surface area (Å²) in [5, 5.41) is 16.3. The van der Waals surface area contributed by atoms with E-state index in [1.807, 2.05) is 18.2 Å². The molecule has 0 radical (unpaired) electrons. The number of aromatic hydroxyl groups is 1. The highest BCUT2D eigenvalue weighted by Crippen LogP contribution is 2.22. The van der Waals surface area contributed by atoms with Gasteiger partial charge >= 0.3 is 0 Å². The number of pyridine rings is 1. The Balaban J connectivity index is 0.00000288. The molecule has 2 rings (SSSR count). The average Bonchev–Trinajstić information content (AvgIpc) is 2.60. The van der Waals surface area contributed by atoms with E-state index in [0.29, 0.717) is 18.3 Å². The van der Waals surface area contributed by atoms with Gasteiger partial charge in [0, 0.05) is 44.0 Å². The van der Waals surface area contributed by atoms with E-state index in [9.17, 15) is 5.11 Å². The summed E-state index contributed by atoms with van der Waals surface area (Å²) in [7, 11) is 3.31. The number of rotatable bonds is 6. The third-order valence-corrected chi connectivity index (χ3v) is 3.36. The maximum absolute atomic E-state index is 9.88. The summed E-state index contributed by atoms with van der Waals surface area (Å²) >= 11 is 0. The van der Waals surface area contributed by atoms with Crippen LogP contribution in [-0.4, -0.2) is 36.8 Å². The number of nitrogens with one attached hydrogen (secondary N) is 2. The molecule has 0 amide bonds. The quantitative estimate of drug-likeness (QED) is 0.364. The first-order valence-electron chi connectivity index (χ1n) is 7.43. The molecule has 3 N–H and O–H groups in total. The normalized spacial score (nSPS) is 10.7. The van der Waals surface area contributed by atoms with Crippen LogP contribution in [0.3, 0.4) is 0 Å². The molecule has 0 aliphatic rings. The molecular weight excluding hydrogens is 419 g/mol. The number of aliphatic imine (C=N–C) groups is 1. The zero-order valence-electron chi connectivity index (χ0n) is 13.8. The van der Waals surface area contributed by atoms with Crippen molar-refractivity contribution in [2.75, 3.05) is 20.7 Å². The fourth-order valence-electron chi connectivity index (χ4n) is 2.08. The Morgan fingerprint density at radius 1 is 1.25 bits per heavy atom. The molecule has 1 aromatic carbocycles. The number of halogens is 1. The van der Waals surface area contributed by atoms with Crippen LogP contribution in [0.1, 0.15) is 11.3 Å². The standard InChI is InChI=1S/C17H22N4O2.HI/c1-18-17(20-10-8-14-5-3-4-9-19-14)21-12-13-11-15(23-2)6-7-16(13)22;/h3-7,9,11,22H,8,10,12H2,1-2H3,(H2,18,20,21);1H. The van der Waals surface area contributed by atoms with Crippen LogP contribution in [0, 0.1) is 0 Å². The van der Waals surface area contributed by atoms with Crippen LogP contribution in [-0.2, 0) is 13.0 Å². The second-order valence-corrected chi connectivity index (χ2v) is 4.92. The highest BCUT2D eigenvalue weighted by atomic mass is 127. The molecule has 0 saturated heterocycles. The van der Waals surface area contributed by atoms with Crippen molar-refractivity contribution in [2.45, 2.75) is 13.0 Å². The monoisotopic (exact) mass is 442 g/mol. The molecular formula is C17H23IN4O2. The maximum Gasteiger partial charge on any atom is 0.191 e. The van der Waals surface area contributed by atoms with Crippen molar-refractivity contribution in [2.24, 2.45) is 4.99 Å². The van der Waals surface area contributed by atoms with Crippen molar-refractivity contribution in [1.82, 2.24) is 15.6 Å². The molecule has 7 heteroatoms. The number of phenolic OH excluding ortho intramolecular Hbond substituents is 1. The van der Waals surface area contributed by atoms with Crippen LogP contribution in [0.5, 0.6) is 11.5 Å². The summed E-state index contributed by atoms with van der Waals surface area (Å²) in [6, 6.07) is 11.0. The molecule has 0 aliphatic carbocycles. The van der Waals surface area contributed by atoms with Crippen molar-refractivity contribution in [3.63, 3.8) is 0 Å². The van der Waals surface area contributed by atoms with Crippen LogP contribution in [0.25, 0.3) is 0 Å². The SMILES string of the molecule is CN=C(NCCc1ccccn1)NCc1cc(OC)ccc1O.I. The molecule has 0 unspecified atom stereocenters. The van der Waals surface area contributed by atoms with Gasteiger partial charge in [-0.2, -0.15) is 0 Å². The fraction of sp³-hybridized carbons (Fsp3) is 0.294. The van der Waals surface area contributed by atoms with Crippen LogP contribution in [0.15, 0.2) is 47.6 Å². The number of hydrogen-bond acceptors (Lipinski definition) is 4. The molecule has 24 heavy (non-hydrogen) atoms. The minimum Gasteiger partial charge on any atom is -0.508 e. The lowest BCUT2D eigenvalue weighted by Gasteiger charge is -2.13. The maximum atomic E-state index is 9.88. The second-order valence-electron chi connectivity index (χ2n) is 4.92. The van der Waals surface area contributed by atoms with E-state index in [0.717, 1.165) is 24.2 Å². The highest BCUT2D eigenvalue weighted by Gasteiger charge is 2.05. The second kappa shape index (κ2) is 10.7. The van der Waals surface area contributed by atoms with Crippen LogP contribution in [0.2, 0.25) is 0 Å². The van der Waals surface area contributed by atoms with E-state index < -0.39 is 0 Å². The number of nitrogens with zero attached hydrogens (tertiary/aromatic N) is 2. The number of hydrogen-bond donors (Lipinski definition) is 3. The molecule has 6 nitrogen and oxygen atoms in total. The molecule has 0 fully saturated rings. The van der Waals surface area contributed by atoms with Gasteiger partial charge in [-0.3, -0.25) is 9.98 Å². The number of ether oxygens (including phenoxy) is 1. The molecule has 2 aromatic rings. The molecule has 1 aromatic heterocycles. The number of phenols is 1. The molecule has 0 spiro atoms. The van der Waals surface area contributed by atoms with Gasteiger partial charge in [0.05, 0.1) is 7.11 Å². The van der Waals surface area contributed by atoms with E-state index >= 15 is 0 Å². The molecule has 0 bridgehead atoms. The van der Waals surface area contributed by atoms with Gasteiger partial charge in [0.25, 0.3) is 0 Å². The lowest BCUT2D eigenvalue weighted by molar-refractivity contribution is 0.410. The first kappa shape index (κ1) is 20.0. The van der Waals surface area contributed by atoms with Gasteiger partial charge in [-0.15, -0.1) is 24.0 Å². The summed E-state index contributed by atoms with van der Waals surface area (Å²) in [5.41, 5.74) is 1.78. The first-order valence-corrected chi connectivity index (χ1v) is 7.43. The summed E-state index contributed by atoms with van der Waals surface area (Å²) in [6.45, 7) is 1.17. The summed E-state index contributed by atoms with van der Waals surface area (Å²) in [4.78, 5) is 8.45. The Kier molecular flexibility index (Phi) is 8.92. The lowest BCUT2D eigenvalue weighted by Crippen LogP contribution is -2.37. The van der Waals surface area contributed by atoms with Gasteiger partial charge in [-0.25, -0.2) is 0 Å². The topological polar surface area (TPSA) is 78.8 Å². The Labute approximate surface area is 159 Å². The Hall–Kier alpha value is -2.03. The van der Waals surface area contributed by atoms with E-state index in [4.69, 9.17) is 4.74 Å². The Morgan fingerprint density at radius 2 is 2.08 bits per heavy atom. The van der Waals surface area contributed by atoms with Crippen molar-refractivity contribution >= 4 is 29.9 Å². The third-order valence-electron chi connectivity index (χ3n) is 3.36. The highest BCUT2D eigenvalue weighted by molar-refractivity contribution is 14.0. The number of guanidine groups is 1. The van der Waals surface area contributed by atoms with Gasteiger partial charge in [-0.1, -0.05) is 6.07 Å². The van der Waals surface area contributed by atoms with Gasteiger partial charge in [0.15, 0.2) is 5.96 Å². The van der Waals surface area contributed by atoms with Gasteiger partial charge in [-0.05, 0) is 30.3 Å². The predicted octanol–water partition coefficient (Wildman–Crippen LogP) is 2.32. The zero-order chi connectivity index (χ0) is 16.5. The molecule has 130 valence electrons. The largest absolute Gasteiger partial charge is 0.508 e. The van der Waals surface area contributed by atoms with Crippen molar-refractivity contribution in [3.05, 3.63) is 53.9 Å². The summed E-state index contributed by atoms with van der Waals surface area (Å²) < 4.78 is 5.17. The van der Waals surface area contributed by atoms with E-state index in [-0.39, 0.29) is 29.7 Å². The Bertz CT molecular complexity index is 650. The summed E-state index contributed by atoms with van der Waals surface area (Å²) in [5.74, 6) is 1.60. The zero-order valence-corrected chi connectivity index (χ0v) is 16.2. The molecule has 1 heterocycles. The average molecular weight is 442 g/mol. The van der Waals surface area contributed by atoms with Crippen LogP contribution >= 0.6 is 24.0 Å². The van der Waals surface area contributed by atoms with Gasteiger partial charge < -0.3 is 20.5 Å². The Morgan fingerprint density at radius 3 is 2.75 bits per heavy atom. The van der Waals surface area contributed by atoms with E-state index in [2.05, 4.69) is 20.6 Å². The van der Waals surface area contributed by atoms with Crippen molar-refractivity contribution in [1.29, 1.82) is 0 Å². The van der Waals surface area contributed by atoms with E-state index in [1.165, 1.54) is 0 Å². The first-order chi connectivity index (χ1) is 11.2. The minimum absolute atomic E-state index is 0. The lowest BCUT2D eigenvalue weighted by atomic mass is 10.2. The molecule has 0 atom stereocenters. The predicted molar refractivity (Wildman–Crippen MR) is 106 cm³/mol. The van der Waals surface area contributed by atoms with Crippen LogP contribution in [0.4, 0.5) is 0 Å². The van der Waals surface area contributed by atoms with Gasteiger partial charge in [0.1, 0.15) is 11.5 Å². The third kappa shape index (κ3) is 6.23. The number of benzene rings is 1. The van der Waals surface area contributed by atoms with Crippen LogP contribution < -0.4 is 15.4 Å². The van der Waals surface area contributed by atoms with Gasteiger partial charge in [0.2, 0.25) is 0 Å². The van der Waals surface area contributed by atoms with Crippen molar-refractivity contribution < 1.29 is 9.84 Å². The smallest absolute Gasteiger partial charge is 0.191 e. The molecule has 0 aliphatic heterocycles.